The van der Waals surface area contributed by atoms with Crippen molar-refractivity contribution in [2.45, 2.75) is 95.9 Å². The van der Waals surface area contributed by atoms with E-state index in [-0.39, 0.29) is 31.8 Å². The van der Waals surface area contributed by atoms with Crippen molar-refractivity contribution in [1.82, 2.24) is 9.80 Å². The number of nitrogens with zero attached hydrogens (tertiary/aromatic N) is 2. The molecule has 2 saturated heterocycles. The van der Waals surface area contributed by atoms with E-state index in [0.29, 0.717) is 19.5 Å². The summed E-state index contributed by atoms with van der Waals surface area (Å²) in [6.07, 6.45) is -1.94. The molecule has 0 spiro atoms. The molecule has 13 heteroatoms. The van der Waals surface area contributed by atoms with Gasteiger partial charge in [-0.15, -0.1) is 19.0 Å². The van der Waals surface area contributed by atoms with Crippen molar-refractivity contribution in [2.24, 2.45) is 16.7 Å². The lowest BCUT2D eigenvalue weighted by Crippen LogP contribution is -2.87. The van der Waals surface area contributed by atoms with E-state index in [4.69, 9.17) is 18.9 Å². The number of rotatable bonds is 7. The lowest BCUT2D eigenvalue weighted by Gasteiger charge is -2.71. The molecule has 44 heavy (non-hydrogen) atoms. The zero-order valence-electron chi connectivity index (χ0n) is 26.9. The number of carbonyl (C=O) groups excluding carboxylic acids is 4. The molecule has 2 saturated carbocycles. The third-order valence-corrected chi connectivity index (χ3v) is 10.6. The average molecular weight is 645 g/mol. The Morgan fingerprint density at radius 3 is 2.25 bits per heavy atom. The second-order valence-electron chi connectivity index (χ2n) is 14.1. The molecular formula is C31H49ClN2O10. The van der Waals surface area contributed by atoms with Crippen LogP contribution in [0.25, 0.3) is 0 Å². The summed E-state index contributed by atoms with van der Waals surface area (Å²) < 4.78 is 23.6. The second kappa shape index (κ2) is 12.6. The fraction of sp³-hybridized carbons (Fsp3) is 0.806. The first-order valence-corrected chi connectivity index (χ1v) is 15.1. The minimum absolute atomic E-state index is 0. The van der Waals surface area contributed by atoms with Crippen molar-refractivity contribution in [3.63, 3.8) is 0 Å². The summed E-state index contributed by atoms with van der Waals surface area (Å²) in [5, 5.41) is 24.2. The Bertz CT molecular complexity index is 1160. The molecule has 0 bridgehead atoms. The Morgan fingerprint density at radius 2 is 1.68 bits per heavy atom. The van der Waals surface area contributed by atoms with Crippen molar-refractivity contribution >= 4 is 36.1 Å². The second-order valence-corrected chi connectivity index (χ2v) is 14.1. The largest absolute Gasteiger partial charge is 0.455 e. The van der Waals surface area contributed by atoms with Gasteiger partial charge in [-0.25, -0.2) is 4.79 Å². The number of piperazine rings is 1. The predicted octanol–water partition coefficient (Wildman–Crippen LogP) is 1.28. The number of fused-ring (bicyclic) bond motifs is 3. The van der Waals surface area contributed by atoms with Gasteiger partial charge in [0.25, 0.3) is 0 Å². The van der Waals surface area contributed by atoms with E-state index < -0.39 is 82.2 Å². The number of carbonyl (C=O) groups is 4. The van der Waals surface area contributed by atoms with Crippen molar-refractivity contribution in [3.8, 4) is 0 Å². The number of hydrogen-bond donors (Lipinski definition) is 2. The molecule has 0 aromatic heterocycles. The molecule has 2 aliphatic heterocycles. The average Bonchev–Trinajstić information content (AvgIpc) is 2.91. The van der Waals surface area contributed by atoms with Gasteiger partial charge >= 0.3 is 17.9 Å². The van der Waals surface area contributed by atoms with E-state index in [2.05, 4.69) is 11.5 Å². The maximum Gasteiger partial charge on any atom is 0.344 e. The van der Waals surface area contributed by atoms with Crippen LogP contribution < -0.4 is 0 Å². The van der Waals surface area contributed by atoms with E-state index in [0.717, 1.165) is 13.1 Å². The number of ether oxygens (including phenoxy) is 4. The highest BCUT2D eigenvalue weighted by Gasteiger charge is 2.82. The lowest BCUT2D eigenvalue weighted by atomic mass is 9.39. The summed E-state index contributed by atoms with van der Waals surface area (Å²) in [6.45, 7) is 15.8. The topological polar surface area (TPSA) is 152 Å². The Balaban J connectivity index is 0.00000529. The molecule has 0 unspecified atom stereocenters. The number of esters is 3. The smallest absolute Gasteiger partial charge is 0.344 e. The number of aliphatic hydroxyl groups excluding tert-OH is 1. The number of aliphatic hydroxyl groups is 2. The summed E-state index contributed by atoms with van der Waals surface area (Å²) in [5.41, 5.74) is -7.82. The van der Waals surface area contributed by atoms with Crippen molar-refractivity contribution in [2.75, 3.05) is 46.4 Å². The van der Waals surface area contributed by atoms with Gasteiger partial charge in [0.05, 0.1) is 18.2 Å². The zero-order valence-corrected chi connectivity index (χ0v) is 27.7. The number of ketones is 1. The van der Waals surface area contributed by atoms with Gasteiger partial charge < -0.3 is 34.1 Å². The summed E-state index contributed by atoms with van der Waals surface area (Å²) in [5.74, 6) is -3.67. The third kappa shape index (κ3) is 5.93. The van der Waals surface area contributed by atoms with E-state index in [1.165, 1.54) is 19.9 Å². The van der Waals surface area contributed by atoms with Gasteiger partial charge in [0.2, 0.25) is 0 Å². The highest BCUT2D eigenvalue weighted by molar-refractivity contribution is 5.92. The predicted molar refractivity (Wildman–Crippen MR) is 161 cm³/mol. The minimum Gasteiger partial charge on any atom is -0.455 e. The monoisotopic (exact) mass is 644 g/mol. The van der Waals surface area contributed by atoms with Gasteiger partial charge in [-0.3, -0.25) is 19.3 Å². The normalized spacial score (nSPS) is 40.4. The molecule has 2 aliphatic carbocycles. The van der Waals surface area contributed by atoms with Crippen LogP contribution in [0.15, 0.2) is 12.7 Å². The van der Waals surface area contributed by atoms with E-state index in [1.807, 2.05) is 25.8 Å². The van der Waals surface area contributed by atoms with Crippen LogP contribution in [0.5, 0.6) is 0 Å². The molecule has 0 aromatic carbocycles. The SMILES string of the molecule is C=C[C@@]1(C)CC(=O)[C@]2(O)[C@@]3(C)[C@@H](O)CCC(C)(C)[C@@H]3[C@H](OC(=O)COC(=O)CN3CCN(C)CC3)[C@H](OC(C)=O)[C@@]2(C)O1.Cl. The standard InChI is InChI=1S/C31H48N2O10.ClH/c1-9-28(5)16-21(36)31(39)29(6)20(35)10-11-27(3,4)25(29)24(26(41-19(2)34)30(31,7)43-28)42-23(38)18-40-22(37)17-33-14-12-32(8)13-15-33;/h9,20,24-26,35,39H,1,10-18H2,2-8H3;1H/t20-,24-,25-,26-,28-,29-,30+,31-;/m0./s1. The van der Waals surface area contributed by atoms with Gasteiger partial charge in [-0.2, -0.15) is 0 Å². The van der Waals surface area contributed by atoms with Gasteiger partial charge in [-0.1, -0.05) is 26.8 Å². The Hall–Kier alpha value is -2.09. The third-order valence-electron chi connectivity index (χ3n) is 10.6. The molecule has 2 N–H and O–H groups in total. The maximum absolute atomic E-state index is 14.1. The zero-order chi connectivity index (χ0) is 32.2. The Labute approximate surface area is 265 Å². The first kappa shape index (κ1) is 36.4. The highest BCUT2D eigenvalue weighted by atomic mass is 35.5. The van der Waals surface area contributed by atoms with Crippen molar-refractivity contribution in [3.05, 3.63) is 12.7 Å². The minimum atomic E-state index is -2.33. The molecule has 4 aliphatic rings. The van der Waals surface area contributed by atoms with Gasteiger partial charge in [0.15, 0.2) is 24.1 Å². The van der Waals surface area contributed by atoms with Crippen LogP contribution in [0.2, 0.25) is 0 Å². The number of likely N-dealkylation sites (N-methyl/N-ethyl adjacent to an activating group) is 1. The lowest BCUT2D eigenvalue weighted by molar-refractivity contribution is -0.371. The summed E-state index contributed by atoms with van der Waals surface area (Å²) in [6, 6.07) is 0. The molecule has 4 fully saturated rings. The molecule has 2 heterocycles. The van der Waals surface area contributed by atoms with Crippen molar-refractivity contribution < 1.29 is 48.3 Å². The molecule has 0 aromatic rings. The maximum atomic E-state index is 14.1. The molecule has 12 nitrogen and oxygen atoms in total. The van der Waals surface area contributed by atoms with Crippen LogP contribution in [0.1, 0.15) is 60.8 Å². The summed E-state index contributed by atoms with van der Waals surface area (Å²) in [4.78, 5) is 56.6. The fourth-order valence-corrected chi connectivity index (χ4v) is 8.30. The van der Waals surface area contributed by atoms with E-state index in [9.17, 15) is 29.4 Å². The summed E-state index contributed by atoms with van der Waals surface area (Å²) >= 11 is 0. The van der Waals surface area contributed by atoms with Gasteiger partial charge in [0.1, 0.15) is 11.7 Å². The van der Waals surface area contributed by atoms with Crippen LogP contribution in [0, 0.1) is 16.7 Å². The van der Waals surface area contributed by atoms with Crippen LogP contribution in [0.4, 0.5) is 0 Å². The van der Waals surface area contributed by atoms with E-state index in [1.54, 1.807) is 13.8 Å². The highest BCUT2D eigenvalue weighted by Crippen LogP contribution is 2.67. The number of Topliss-reactive ketones (excluding diaryl/α,β-unsaturated/α-hetero) is 1. The molecule has 8 atom stereocenters. The van der Waals surface area contributed by atoms with Gasteiger partial charge in [-0.05, 0) is 39.2 Å². The molecular weight excluding hydrogens is 596 g/mol. The number of hydrogen-bond acceptors (Lipinski definition) is 12. The molecule has 0 amide bonds. The van der Waals surface area contributed by atoms with Crippen LogP contribution in [0.3, 0.4) is 0 Å². The first-order chi connectivity index (χ1) is 19.8. The Morgan fingerprint density at radius 1 is 1.07 bits per heavy atom. The first-order valence-electron chi connectivity index (χ1n) is 15.1. The molecule has 250 valence electrons. The van der Waals surface area contributed by atoms with Crippen molar-refractivity contribution in [1.29, 1.82) is 0 Å². The molecule has 0 radical (unpaired) electrons. The van der Waals surface area contributed by atoms with Gasteiger partial charge in [0, 0.05) is 50.9 Å². The summed E-state index contributed by atoms with van der Waals surface area (Å²) in [7, 11) is 2.00. The van der Waals surface area contributed by atoms with E-state index >= 15 is 0 Å². The molecule has 4 rings (SSSR count). The van der Waals surface area contributed by atoms with Crippen LogP contribution in [-0.4, -0.2) is 125 Å². The quantitative estimate of drug-likeness (QED) is 0.233. The fourth-order valence-electron chi connectivity index (χ4n) is 8.30. The van der Waals surface area contributed by atoms with Crippen LogP contribution in [-0.2, 0) is 38.1 Å². The number of halogens is 1. The van der Waals surface area contributed by atoms with Crippen LogP contribution >= 0.6 is 12.4 Å². The Kier molecular flexibility index (Phi) is 10.4.